The minimum absolute atomic E-state index is 0.296. The van der Waals surface area contributed by atoms with Gasteiger partial charge in [0.05, 0.1) is 25.6 Å². The summed E-state index contributed by atoms with van der Waals surface area (Å²) in [6.07, 6.45) is 0.782. The molecule has 0 saturated heterocycles. The first-order valence-corrected chi connectivity index (χ1v) is 8.50. The Balaban J connectivity index is 4.72. The van der Waals surface area contributed by atoms with Crippen LogP contribution in [-0.4, -0.2) is 82.8 Å². The number of aliphatic hydroxyl groups excluding tert-OH is 1. The lowest BCUT2D eigenvalue weighted by Crippen LogP contribution is -2.54. The highest BCUT2D eigenvalue weighted by Gasteiger charge is 2.26. The predicted molar refractivity (Wildman–Crippen MR) is 94.7 cm³/mol. The number of unbranched alkanes of at least 4 members (excludes halogenated alkanes) is 1. The Kier molecular flexibility index (Phi) is 12.1. The fraction of sp³-hybridized carbons (Fsp3) is 0.667. The van der Waals surface area contributed by atoms with Gasteiger partial charge in [-0.1, -0.05) is 6.42 Å². The third-order valence-electron chi connectivity index (χ3n) is 3.56. The highest BCUT2D eigenvalue weighted by molar-refractivity contribution is 5.94. The molecule has 0 aliphatic heterocycles. The van der Waals surface area contributed by atoms with Crippen LogP contribution in [0.2, 0.25) is 0 Å². The Bertz CT molecular complexity index is 571. The smallest absolute Gasteiger partial charge is 0.328 e. The lowest BCUT2D eigenvalue weighted by Gasteiger charge is -2.19. The van der Waals surface area contributed by atoms with Crippen molar-refractivity contribution >= 4 is 29.7 Å². The molecule has 0 aromatic rings. The van der Waals surface area contributed by atoms with Crippen LogP contribution in [0.15, 0.2) is 0 Å². The third kappa shape index (κ3) is 10.4. The first-order valence-electron chi connectivity index (χ1n) is 8.50. The van der Waals surface area contributed by atoms with Gasteiger partial charge in [0.25, 0.3) is 0 Å². The van der Waals surface area contributed by atoms with Crippen molar-refractivity contribution in [3.63, 3.8) is 0 Å². The van der Waals surface area contributed by atoms with Gasteiger partial charge < -0.3 is 42.7 Å². The average Bonchev–Trinajstić information content (AvgIpc) is 2.62. The molecule has 0 aromatic heterocycles. The maximum Gasteiger partial charge on any atom is 0.328 e. The molecular weight excluding hydrogens is 378 g/mol. The van der Waals surface area contributed by atoms with Gasteiger partial charge in [-0.05, 0) is 19.4 Å². The van der Waals surface area contributed by atoms with Crippen molar-refractivity contribution in [3.8, 4) is 0 Å². The number of rotatable bonds is 14. The zero-order valence-electron chi connectivity index (χ0n) is 15.2. The van der Waals surface area contributed by atoms with E-state index in [0.717, 1.165) is 0 Å². The fourth-order valence-corrected chi connectivity index (χ4v) is 2.02. The summed E-state index contributed by atoms with van der Waals surface area (Å²) in [6.45, 7) is -1.11. The first-order chi connectivity index (χ1) is 13.1. The summed E-state index contributed by atoms with van der Waals surface area (Å²) >= 11 is 0. The number of carbonyl (C=O) groups excluding carboxylic acids is 3. The van der Waals surface area contributed by atoms with Gasteiger partial charge in [0.2, 0.25) is 17.7 Å². The van der Waals surface area contributed by atoms with Crippen LogP contribution >= 0.6 is 0 Å². The maximum atomic E-state index is 12.1. The van der Waals surface area contributed by atoms with Gasteiger partial charge in [0.15, 0.2) is 0 Å². The van der Waals surface area contributed by atoms with E-state index in [1.54, 1.807) is 0 Å². The molecule has 3 unspecified atom stereocenters. The number of hydrogen-bond acceptors (Lipinski definition) is 8. The van der Waals surface area contributed by atoms with E-state index in [9.17, 15) is 24.0 Å². The lowest BCUT2D eigenvalue weighted by atomic mass is 10.1. The fourth-order valence-electron chi connectivity index (χ4n) is 2.02. The van der Waals surface area contributed by atoms with Crippen LogP contribution in [-0.2, 0) is 24.0 Å². The molecule has 0 aliphatic rings. The largest absolute Gasteiger partial charge is 0.481 e. The van der Waals surface area contributed by atoms with E-state index >= 15 is 0 Å². The summed E-state index contributed by atoms with van der Waals surface area (Å²) in [6, 6.07) is -3.99. The van der Waals surface area contributed by atoms with Crippen LogP contribution in [0, 0.1) is 0 Å². The molecule has 0 aromatic carbocycles. The third-order valence-corrected chi connectivity index (χ3v) is 3.56. The van der Waals surface area contributed by atoms with Crippen LogP contribution in [0.1, 0.15) is 25.7 Å². The van der Waals surface area contributed by atoms with E-state index in [0.29, 0.717) is 25.8 Å². The lowest BCUT2D eigenvalue weighted by molar-refractivity contribution is -0.143. The Hall–Kier alpha value is -2.77. The summed E-state index contributed by atoms with van der Waals surface area (Å²) in [4.78, 5) is 57.4. The molecule has 13 heteroatoms. The molecule has 13 nitrogen and oxygen atoms in total. The topological polar surface area (TPSA) is 234 Å². The van der Waals surface area contributed by atoms with E-state index in [2.05, 4.69) is 10.6 Å². The van der Waals surface area contributed by atoms with Gasteiger partial charge >= 0.3 is 11.9 Å². The number of carboxylic acid groups (broad SMARTS) is 2. The summed E-state index contributed by atoms with van der Waals surface area (Å²) in [5, 5.41) is 32.7. The Labute approximate surface area is 160 Å². The molecule has 160 valence electrons. The second-order valence-corrected chi connectivity index (χ2v) is 5.91. The van der Waals surface area contributed by atoms with Crippen LogP contribution < -0.4 is 27.4 Å². The van der Waals surface area contributed by atoms with Gasteiger partial charge in [-0.15, -0.1) is 0 Å². The molecule has 0 spiro atoms. The van der Waals surface area contributed by atoms with Gasteiger partial charge in [0.1, 0.15) is 12.1 Å². The van der Waals surface area contributed by atoms with Crippen molar-refractivity contribution in [2.45, 2.75) is 43.8 Å². The minimum atomic E-state index is -1.55. The number of hydrogen-bond donors (Lipinski definition) is 8. The molecule has 0 heterocycles. The molecule has 3 atom stereocenters. The van der Waals surface area contributed by atoms with E-state index in [1.807, 2.05) is 5.32 Å². The van der Waals surface area contributed by atoms with Crippen LogP contribution in [0.25, 0.3) is 0 Å². The number of aliphatic hydroxyl groups is 1. The standard InChI is InChI=1S/C15H27N5O8/c16-4-2-1-3-8(17)13(25)20-9(5-12(23)24)14(26)18-6-11(22)19-10(7-21)15(27)28/h8-10,21H,1-7,16-17H2,(H,18,26)(H,19,22)(H,20,25)(H,23,24)(H,27,28). The Morgan fingerprint density at radius 2 is 1.57 bits per heavy atom. The highest BCUT2D eigenvalue weighted by atomic mass is 16.4. The first kappa shape index (κ1) is 25.2. The van der Waals surface area contributed by atoms with Gasteiger partial charge in [-0.25, -0.2) is 4.79 Å². The van der Waals surface area contributed by atoms with Crippen molar-refractivity contribution in [3.05, 3.63) is 0 Å². The quantitative estimate of drug-likeness (QED) is 0.131. The van der Waals surface area contributed by atoms with Gasteiger partial charge in [-0.2, -0.15) is 0 Å². The summed E-state index contributed by atoms with van der Waals surface area (Å²) in [7, 11) is 0. The van der Waals surface area contributed by atoms with Crippen molar-refractivity contribution < 1.29 is 39.3 Å². The SMILES string of the molecule is NCCCCC(N)C(=O)NC(CC(=O)O)C(=O)NCC(=O)NC(CO)C(=O)O. The second-order valence-electron chi connectivity index (χ2n) is 5.91. The number of aliphatic carboxylic acids is 2. The molecule has 0 aliphatic carbocycles. The highest BCUT2D eigenvalue weighted by Crippen LogP contribution is 2.00. The number of amides is 3. The number of nitrogens with one attached hydrogen (secondary N) is 3. The van der Waals surface area contributed by atoms with E-state index in [-0.39, 0.29) is 0 Å². The molecule has 0 fully saturated rings. The zero-order valence-corrected chi connectivity index (χ0v) is 15.2. The molecule has 0 rings (SSSR count). The average molecular weight is 405 g/mol. The maximum absolute atomic E-state index is 12.1. The minimum Gasteiger partial charge on any atom is -0.481 e. The summed E-state index contributed by atoms with van der Waals surface area (Å²) < 4.78 is 0. The number of nitrogens with two attached hydrogens (primary N) is 2. The van der Waals surface area contributed by atoms with Crippen molar-refractivity contribution in [2.24, 2.45) is 11.5 Å². The zero-order chi connectivity index (χ0) is 21.7. The predicted octanol–water partition coefficient (Wildman–Crippen LogP) is -3.92. The summed E-state index contributed by atoms with van der Waals surface area (Å²) in [5.74, 6) is -5.45. The van der Waals surface area contributed by atoms with E-state index in [1.165, 1.54) is 0 Å². The monoisotopic (exact) mass is 405 g/mol. The summed E-state index contributed by atoms with van der Waals surface area (Å²) in [5.41, 5.74) is 11.0. The molecular formula is C15H27N5O8. The van der Waals surface area contributed by atoms with Crippen molar-refractivity contribution in [1.29, 1.82) is 0 Å². The Morgan fingerprint density at radius 1 is 0.929 bits per heavy atom. The van der Waals surface area contributed by atoms with Gasteiger partial charge in [-0.3, -0.25) is 19.2 Å². The number of carboxylic acids is 2. The molecule has 0 bridgehead atoms. The molecule has 10 N–H and O–H groups in total. The molecule has 28 heavy (non-hydrogen) atoms. The van der Waals surface area contributed by atoms with Crippen molar-refractivity contribution in [2.75, 3.05) is 19.7 Å². The van der Waals surface area contributed by atoms with Crippen LogP contribution in [0.3, 0.4) is 0 Å². The van der Waals surface area contributed by atoms with Crippen LogP contribution in [0.4, 0.5) is 0 Å². The Morgan fingerprint density at radius 3 is 2.07 bits per heavy atom. The molecule has 0 saturated carbocycles. The van der Waals surface area contributed by atoms with E-state index < -0.39 is 67.4 Å². The van der Waals surface area contributed by atoms with Gasteiger partial charge in [0, 0.05) is 0 Å². The van der Waals surface area contributed by atoms with Crippen LogP contribution in [0.5, 0.6) is 0 Å². The normalized spacial score (nSPS) is 13.7. The van der Waals surface area contributed by atoms with E-state index in [4.69, 9.17) is 26.8 Å². The molecule has 3 amide bonds. The number of carbonyl (C=O) groups is 5. The second kappa shape index (κ2) is 13.4. The molecule has 0 radical (unpaired) electrons. The van der Waals surface area contributed by atoms with Crippen molar-refractivity contribution in [1.82, 2.24) is 16.0 Å².